The molecule has 0 atom stereocenters. The van der Waals surface area contributed by atoms with Gasteiger partial charge in [0.25, 0.3) is 0 Å². The molecule has 0 rings (SSSR count). The van der Waals surface area contributed by atoms with Crippen molar-refractivity contribution in [3.63, 3.8) is 0 Å². The zero-order chi connectivity index (χ0) is 11.1. The molecule has 5 nitrogen and oxygen atoms in total. The standard InChI is InChI=1S/C5H14NO.C3H7NO2/c1-6(2,3)4-5-7;1-4(2)3(5)6/h7H,4-5H2,1-3H3;1-2H3,(H,5,6)/q+1;/p-1. The van der Waals surface area contributed by atoms with E-state index < -0.39 is 6.09 Å². The fourth-order valence-electron chi connectivity index (χ4n) is 0.300. The first-order chi connectivity index (χ1) is 5.70. The summed E-state index contributed by atoms with van der Waals surface area (Å²) in [5.41, 5.74) is 0. The largest absolute Gasteiger partial charge is 0.530 e. The van der Waals surface area contributed by atoms with Gasteiger partial charge in [-0.25, -0.2) is 0 Å². The second kappa shape index (κ2) is 6.68. The van der Waals surface area contributed by atoms with E-state index in [1.807, 2.05) is 0 Å². The number of likely N-dealkylation sites (N-methyl/N-ethyl adjacent to an activating group) is 1. The fourth-order valence-corrected chi connectivity index (χ4v) is 0.300. The van der Waals surface area contributed by atoms with Crippen molar-refractivity contribution >= 4 is 6.09 Å². The number of aliphatic hydroxyl groups is 1. The van der Waals surface area contributed by atoms with E-state index in [1.54, 1.807) is 0 Å². The molecule has 0 saturated heterocycles. The SMILES string of the molecule is CN(C)C(=O)[O-].C[N+](C)(C)CCO. The quantitative estimate of drug-likeness (QED) is 0.546. The van der Waals surface area contributed by atoms with Crippen molar-refractivity contribution in [1.29, 1.82) is 0 Å². The van der Waals surface area contributed by atoms with Crippen molar-refractivity contribution in [2.24, 2.45) is 0 Å². The molecule has 0 aliphatic carbocycles. The highest BCUT2D eigenvalue weighted by atomic mass is 16.4. The molecule has 0 spiro atoms. The Morgan fingerprint density at radius 2 is 1.69 bits per heavy atom. The Morgan fingerprint density at radius 3 is 1.69 bits per heavy atom. The Labute approximate surface area is 79.8 Å². The fraction of sp³-hybridized carbons (Fsp3) is 0.875. The number of quaternary nitrogens is 1. The molecule has 0 bridgehead atoms. The van der Waals surface area contributed by atoms with Crippen LogP contribution < -0.4 is 5.11 Å². The smallest absolute Gasteiger partial charge is 0.136 e. The molecule has 0 aliphatic heterocycles. The van der Waals surface area contributed by atoms with E-state index in [4.69, 9.17) is 5.11 Å². The number of carbonyl (C=O) groups excluding carboxylic acids is 1. The molecule has 1 N–H and O–H groups in total. The Hall–Kier alpha value is -0.810. The first kappa shape index (κ1) is 14.7. The molecule has 0 heterocycles. The Balaban J connectivity index is 0. The predicted octanol–water partition coefficient (Wildman–Crippen LogP) is -1.42. The molecular weight excluding hydrogens is 172 g/mol. The zero-order valence-electron chi connectivity index (χ0n) is 9.07. The van der Waals surface area contributed by atoms with Gasteiger partial charge in [-0.1, -0.05) is 0 Å². The van der Waals surface area contributed by atoms with Crippen LogP contribution >= 0.6 is 0 Å². The van der Waals surface area contributed by atoms with Gasteiger partial charge >= 0.3 is 0 Å². The number of hydrogen-bond acceptors (Lipinski definition) is 3. The third-order valence-electron chi connectivity index (χ3n) is 1.14. The van der Waals surface area contributed by atoms with Gasteiger partial charge in [0.05, 0.1) is 27.7 Å². The molecule has 0 aromatic rings. The van der Waals surface area contributed by atoms with Gasteiger partial charge < -0.3 is 24.4 Å². The summed E-state index contributed by atoms with van der Waals surface area (Å²) < 4.78 is 0.844. The number of carboxylic acid groups (broad SMARTS) is 1. The summed E-state index contributed by atoms with van der Waals surface area (Å²) in [4.78, 5) is 10.5. The lowest BCUT2D eigenvalue weighted by molar-refractivity contribution is -0.870. The third kappa shape index (κ3) is 18.3. The van der Waals surface area contributed by atoms with Crippen LogP contribution in [0.2, 0.25) is 0 Å². The van der Waals surface area contributed by atoms with Crippen LogP contribution in [0, 0.1) is 0 Å². The molecule has 13 heavy (non-hydrogen) atoms. The van der Waals surface area contributed by atoms with Crippen LogP contribution in [0.1, 0.15) is 0 Å². The van der Waals surface area contributed by atoms with Crippen LogP contribution in [0.15, 0.2) is 0 Å². The van der Waals surface area contributed by atoms with Gasteiger partial charge in [-0.15, -0.1) is 0 Å². The van der Waals surface area contributed by atoms with E-state index in [0.29, 0.717) is 0 Å². The van der Waals surface area contributed by atoms with Crippen LogP contribution in [-0.2, 0) is 0 Å². The summed E-state index contributed by atoms with van der Waals surface area (Å²) in [5.74, 6) is 0. The number of nitrogens with zero attached hydrogens (tertiary/aromatic N) is 2. The summed E-state index contributed by atoms with van der Waals surface area (Å²) in [5, 5.41) is 17.9. The molecule has 0 radical (unpaired) electrons. The minimum Gasteiger partial charge on any atom is -0.530 e. The Morgan fingerprint density at radius 1 is 1.38 bits per heavy atom. The molecular formula is C8H20N2O3. The van der Waals surface area contributed by atoms with Crippen molar-refractivity contribution in [3.05, 3.63) is 0 Å². The van der Waals surface area contributed by atoms with E-state index in [0.717, 1.165) is 15.9 Å². The highest BCUT2D eigenvalue weighted by Crippen LogP contribution is 1.84. The number of rotatable bonds is 2. The first-order valence-electron chi connectivity index (χ1n) is 4.00. The summed E-state index contributed by atoms with van der Waals surface area (Å²) >= 11 is 0. The molecule has 1 amide bonds. The normalized spacial score (nSPS) is 10.0. The maximum Gasteiger partial charge on any atom is 0.136 e. The maximum atomic E-state index is 9.51. The molecule has 5 heteroatoms. The average molecular weight is 192 g/mol. The molecule has 0 fully saturated rings. The minimum absolute atomic E-state index is 0.281. The van der Waals surface area contributed by atoms with Crippen LogP contribution in [0.5, 0.6) is 0 Å². The molecule has 0 aliphatic rings. The maximum absolute atomic E-state index is 9.51. The Kier molecular flexibility index (Phi) is 7.55. The van der Waals surface area contributed by atoms with Crippen molar-refractivity contribution in [2.45, 2.75) is 0 Å². The summed E-state index contributed by atoms with van der Waals surface area (Å²) in [6.45, 7) is 1.11. The predicted molar refractivity (Wildman–Crippen MR) is 49.1 cm³/mol. The number of carbonyl (C=O) groups is 1. The molecule has 0 aromatic carbocycles. The lowest BCUT2D eigenvalue weighted by Crippen LogP contribution is -2.36. The molecule has 0 saturated carbocycles. The topological polar surface area (TPSA) is 63.6 Å². The van der Waals surface area contributed by atoms with Gasteiger partial charge in [0, 0.05) is 14.1 Å². The van der Waals surface area contributed by atoms with E-state index >= 15 is 0 Å². The Bertz CT molecular complexity index is 141. The average Bonchev–Trinajstić information content (AvgIpc) is 1.85. The van der Waals surface area contributed by atoms with E-state index in [2.05, 4.69) is 21.1 Å². The van der Waals surface area contributed by atoms with E-state index in [9.17, 15) is 9.90 Å². The zero-order valence-corrected chi connectivity index (χ0v) is 9.07. The van der Waals surface area contributed by atoms with Crippen LogP contribution in [0.4, 0.5) is 4.79 Å². The number of hydrogen-bond donors (Lipinski definition) is 1. The van der Waals surface area contributed by atoms with Crippen LogP contribution in [0.25, 0.3) is 0 Å². The summed E-state index contributed by atoms with van der Waals surface area (Å²) in [7, 11) is 8.98. The second-order valence-corrected chi connectivity index (χ2v) is 3.90. The van der Waals surface area contributed by atoms with Gasteiger partial charge in [-0.3, -0.25) is 0 Å². The number of aliphatic hydroxyl groups excluding tert-OH is 1. The van der Waals surface area contributed by atoms with Crippen molar-refractivity contribution in [3.8, 4) is 0 Å². The van der Waals surface area contributed by atoms with Gasteiger partial charge in [0.2, 0.25) is 0 Å². The van der Waals surface area contributed by atoms with Crippen molar-refractivity contribution in [2.75, 3.05) is 48.4 Å². The molecule has 0 aromatic heterocycles. The van der Waals surface area contributed by atoms with E-state index in [-0.39, 0.29) is 6.61 Å². The van der Waals surface area contributed by atoms with Gasteiger partial charge in [0.1, 0.15) is 12.6 Å². The van der Waals surface area contributed by atoms with Crippen LogP contribution in [0.3, 0.4) is 0 Å². The van der Waals surface area contributed by atoms with Crippen molar-refractivity contribution < 1.29 is 19.5 Å². The highest BCUT2D eigenvalue weighted by Gasteiger charge is 2.02. The van der Waals surface area contributed by atoms with Crippen molar-refractivity contribution in [1.82, 2.24) is 4.90 Å². The third-order valence-corrected chi connectivity index (χ3v) is 1.14. The molecule has 0 unspecified atom stereocenters. The number of amides is 1. The highest BCUT2D eigenvalue weighted by molar-refractivity contribution is 5.61. The van der Waals surface area contributed by atoms with Gasteiger partial charge in [-0.05, 0) is 0 Å². The van der Waals surface area contributed by atoms with Gasteiger partial charge in [-0.2, -0.15) is 0 Å². The lowest BCUT2D eigenvalue weighted by atomic mass is 10.5. The minimum atomic E-state index is -1.16. The van der Waals surface area contributed by atoms with E-state index in [1.165, 1.54) is 14.1 Å². The summed E-state index contributed by atoms with van der Waals surface area (Å²) in [6, 6.07) is 0. The van der Waals surface area contributed by atoms with Crippen LogP contribution in [-0.4, -0.2) is 69.0 Å². The monoisotopic (exact) mass is 192 g/mol. The van der Waals surface area contributed by atoms with Gasteiger partial charge in [0.15, 0.2) is 0 Å². The first-order valence-corrected chi connectivity index (χ1v) is 4.00. The summed E-state index contributed by atoms with van der Waals surface area (Å²) in [6.07, 6.45) is -1.16. The molecule has 80 valence electrons. The lowest BCUT2D eigenvalue weighted by Gasteiger charge is -2.21. The second-order valence-electron chi connectivity index (χ2n) is 3.90.